The second kappa shape index (κ2) is 4.53. The summed E-state index contributed by atoms with van der Waals surface area (Å²) in [7, 11) is 0. The predicted octanol–water partition coefficient (Wildman–Crippen LogP) is 3.26. The number of halogens is 1. The molecular formula is C14H10FN3O. The molecule has 1 amide bonds. The van der Waals surface area contributed by atoms with Crippen LogP contribution >= 0.6 is 0 Å². The Kier molecular flexibility index (Phi) is 2.72. The summed E-state index contributed by atoms with van der Waals surface area (Å²) in [5, 5.41) is 2.68. The number of nitrogens with one attached hydrogen (secondary N) is 1. The van der Waals surface area contributed by atoms with Gasteiger partial charge in [0.1, 0.15) is 12.1 Å². The van der Waals surface area contributed by atoms with Gasteiger partial charge in [-0.3, -0.25) is 4.57 Å². The maximum absolute atomic E-state index is 12.8. The number of para-hydroxylation sites is 2. The van der Waals surface area contributed by atoms with Crippen LogP contribution in [0.3, 0.4) is 0 Å². The fraction of sp³-hybridized carbons (Fsp3) is 0. The van der Waals surface area contributed by atoms with E-state index >= 15 is 0 Å². The second-order valence-corrected chi connectivity index (χ2v) is 4.04. The van der Waals surface area contributed by atoms with Crippen molar-refractivity contribution in [1.29, 1.82) is 0 Å². The molecule has 0 aliphatic carbocycles. The molecular weight excluding hydrogens is 245 g/mol. The highest BCUT2D eigenvalue weighted by Crippen LogP contribution is 2.13. The number of carbonyl (C=O) groups excluding carboxylic acids is 1. The van der Waals surface area contributed by atoms with Crippen molar-refractivity contribution in [3.63, 3.8) is 0 Å². The van der Waals surface area contributed by atoms with Gasteiger partial charge in [0, 0.05) is 5.69 Å². The lowest BCUT2D eigenvalue weighted by Gasteiger charge is -2.06. The SMILES string of the molecule is O=C(Nc1ccc(F)cc1)n1cnc2ccccc21. The van der Waals surface area contributed by atoms with Gasteiger partial charge in [0.05, 0.1) is 11.0 Å². The quantitative estimate of drug-likeness (QED) is 0.725. The smallest absolute Gasteiger partial charge is 0.307 e. The molecule has 0 aliphatic heterocycles. The fourth-order valence-electron chi connectivity index (χ4n) is 1.84. The van der Waals surface area contributed by atoms with Crippen LogP contribution in [0.2, 0.25) is 0 Å². The number of amides is 1. The van der Waals surface area contributed by atoms with Crippen LogP contribution in [0.15, 0.2) is 54.9 Å². The average molecular weight is 255 g/mol. The van der Waals surface area contributed by atoms with E-state index in [0.717, 1.165) is 11.0 Å². The number of hydrogen-bond donors (Lipinski definition) is 1. The zero-order valence-corrected chi connectivity index (χ0v) is 9.88. The number of imidazole rings is 1. The highest BCUT2D eigenvalue weighted by atomic mass is 19.1. The van der Waals surface area contributed by atoms with Crippen molar-refractivity contribution in [2.24, 2.45) is 0 Å². The molecule has 0 saturated carbocycles. The van der Waals surface area contributed by atoms with Crippen LogP contribution in [-0.2, 0) is 0 Å². The maximum Gasteiger partial charge on any atom is 0.331 e. The van der Waals surface area contributed by atoms with E-state index in [-0.39, 0.29) is 11.8 Å². The van der Waals surface area contributed by atoms with Gasteiger partial charge in [-0.25, -0.2) is 14.2 Å². The van der Waals surface area contributed by atoms with Crippen LogP contribution in [0.1, 0.15) is 0 Å². The molecule has 5 heteroatoms. The van der Waals surface area contributed by atoms with Gasteiger partial charge in [-0.05, 0) is 36.4 Å². The summed E-state index contributed by atoms with van der Waals surface area (Å²) in [6.07, 6.45) is 1.46. The molecule has 19 heavy (non-hydrogen) atoms. The number of rotatable bonds is 1. The first-order valence-electron chi connectivity index (χ1n) is 5.73. The first-order valence-corrected chi connectivity index (χ1v) is 5.73. The molecule has 3 rings (SSSR count). The molecule has 1 heterocycles. The normalized spacial score (nSPS) is 10.6. The molecule has 94 valence electrons. The molecule has 0 spiro atoms. The van der Waals surface area contributed by atoms with Gasteiger partial charge in [0.2, 0.25) is 0 Å². The molecule has 0 unspecified atom stereocenters. The number of benzene rings is 2. The first kappa shape index (κ1) is 11.4. The number of nitrogens with zero attached hydrogens (tertiary/aromatic N) is 2. The molecule has 3 aromatic rings. The van der Waals surface area contributed by atoms with Gasteiger partial charge in [-0.1, -0.05) is 12.1 Å². The van der Waals surface area contributed by atoms with Gasteiger partial charge in [-0.2, -0.15) is 0 Å². The van der Waals surface area contributed by atoms with Crippen molar-refractivity contribution in [2.45, 2.75) is 0 Å². The number of anilines is 1. The average Bonchev–Trinajstić information content (AvgIpc) is 2.85. The van der Waals surface area contributed by atoms with Crippen LogP contribution in [0.4, 0.5) is 14.9 Å². The highest BCUT2D eigenvalue weighted by molar-refractivity contribution is 5.97. The van der Waals surface area contributed by atoms with Gasteiger partial charge < -0.3 is 5.32 Å². The van der Waals surface area contributed by atoms with E-state index in [9.17, 15) is 9.18 Å². The lowest BCUT2D eigenvalue weighted by Crippen LogP contribution is -2.18. The monoisotopic (exact) mass is 255 g/mol. The molecule has 4 nitrogen and oxygen atoms in total. The Balaban J connectivity index is 1.90. The molecule has 1 N–H and O–H groups in total. The lowest BCUT2D eigenvalue weighted by molar-refractivity contribution is 0.254. The third-order valence-corrected chi connectivity index (χ3v) is 2.77. The van der Waals surface area contributed by atoms with Crippen molar-refractivity contribution in [1.82, 2.24) is 9.55 Å². The largest absolute Gasteiger partial charge is 0.331 e. The number of hydrogen-bond acceptors (Lipinski definition) is 2. The van der Waals surface area contributed by atoms with Crippen molar-refractivity contribution in [2.75, 3.05) is 5.32 Å². The summed E-state index contributed by atoms with van der Waals surface area (Å²) in [6, 6.07) is 12.6. The number of aromatic nitrogens is 2. The van der Waals surface area contributed by atoms with Crippen molar-refractivity contribution in [3.8, 4) is 0 Å². The Hall–Kier alpha value is -2.69. The Morgan fingerprint density at radius 1 is 1.11 bits per heavy atom. The van der Waals surface area contributed by atoms with E-state index in [0.29, 0.717) is 5.69 Å². The highest BCUT2D eigenvalue weighted by Gasteiger charge is 2.09. The standard InChI is InChI=1S/C14H10FN3O/c15-10-5-7-11(8-6-10)17-14(19)18-9-16-12-3-1-2-4-13(12)18/h1-9H,(H,17,19). The summed E-state index contributed by atoms with van der Waals surface area (Å²) in [5.41, 5.74) is 2.00. The zero-order valence-electron chi connectivity index (χ0n) is 9.88. The van der Waals surface area contributed by atoms with Crippen LogP contribution in [0, 0.1) is 5.82 Å². The molecule has 0 aliphatic rings. The summed E-state index contributed by atoms with van der Waals surface area (Å²) in [4.78, 5) is 16.2. The summed E-state index contributed by atoms with van der Waals surface area (Å²) in [5.74, 6) is -0.342. The topological polar surface area (TPSA) is 46.9 Å². The first-order chi connectivity index (χ1) is 9.24. The van der Waals surface area contributed by atoms with E-state index in [1.807, 2.05) is 24.3 Å². The van der Waals surface area contributed by atoms with Crippen LogP contribution in [0.5, 0.6) is 0 Å². The molecule has 1 aromatic heterocycles. The lowest BCUT2D eigenvalue weighted by atomic mass is 10.3. The molecule has 0 saturated heterocycles. The molecule has 2 aromatic carbocycles. The summed E-state index contributed by atoms with van der Waals surface area (Å²) in [6.45, 7) is 0. The molecule has 0 fully saturated rings. The number of carbonyl (C=O) groups is 1. The van der Waals surface area contributed by atoms with Gasteiger partial charge in [0.25, 0.3) is 0 Å². The van der Waals surface area contributed by atoms with Crippen molar-refractivity contribution < 1.29 is 9.18 Å². The molecule has 0 radical (unpaired) electrons. The Morgan fingerprint density at radius 3 is 2.63 bits per heavy atom. The van der Waals surface area contributed by atoms with Gasteiger partial charge in [0.15, 0.2) is 0 Å². The van der Waals surface area contributed by atoms with E-state index in [2.05, 4.69) is 10.3 Å². The maximum atomic E-state index is 12.8. The van der Waals surface area contributed by atoms with Crippen LogP contribution < -0.4 is 5.32 Å². The van der Waals surface area contributed by atoms with E-state index in [1.54, 1.807) is 0 Å². The summed E-state index contributed by atoms with van der Waals surface area (Å²) < 4.78 is 14.2. The van der Waals surface area contributed by atoms with Gasteiger partial charge >= 0.3 is 6.03 Å². The third kappa shape index (κ3) is 2.18. The fourth-order valence-corrected chi connectivity index (χ4v) is 1.84. The zero-order chi connectivity index (χ0) is 13.2. The molecule has 0 atom stereocenters. The van der Waals surface area contributed by atoms with Crippen molar-refractivity contribution in [3.05, 3.63) is 60.7 Å². The van der Waals surface area contributed by atoms with Crippen LogP contribution in [0.25, 0.3) is 11.0 Å². The van der Waals surface area contributed by atoms with Gasteiger partial charge in [-0.15, -0.1) is 0 Å². The second-order valence-electron chi connectivity index (χ2n) is 4.04. The molecule has 0 bridgehead atoms. The summed E-state index contributed by atoms with van der Waals surface area (Å²) >= 11 is 0. The predicted molar refractivity (Wildman–Crippen MR) is 70.5 cm³/mol. The minimum absolute atomic E-state index is 0.333. The minimum atomic E-state index is -0.342. The van der Waals surface area contributed by atoms with Crippen molar-refractivity contribution >= 4 is 22.8 Å². The van der Waals surface area contributed by atoms with E-state index in [1.165, 1.54) is 35.2 Å². The van der Waals surface area contributed by atoms with E-state index in [4.69, 9.17) is 0 Å². The minimum Gasteiger partial charge on any atom is -0.307 e. The Bertz CT molecular complexity index is 734. The third-order valence-electron chi connectivity index (χ3n) is 2.77. The Morgan fingerprint density at radius 2 is 1.84 bits per heavy atom. The Labute approximate surface area is 108 Å². The van der Waals surface area contributed by atoms with E-state index < -0.39 is 0 Å². The van der Waals surface area contributed by atoms with Crippen LogP contribution in [-0.4, -0.2) is 15.6 Å². The number of fused-ring (bicyclic) bond motifs is 1.